The average Bonchev–Trinajstić information content (AvgIpc) is 2.78. The number of anilines is 1. The number of nitrogens with one attached hydrogen (secondary N) is 1. The lowest BCUT2D eigenvalue weighted by Gasteiger charge is -2.34. The zero-order valence-corrected chi connectivity index (χ0v) is 18.5. The molecule has 3 aromatic rings. The van der Waals surface area contributed by atoms with Gasteiger partial charge >= 0.3 is 0 Å². The van der Waals surface area contributed by atoms with E-state index in [9.17, 15) is 8.42 Å². The molecule has 0 aliphatic carbocycles. The molecule has 160 valence electrons. The number of fused-ring (bicyclic) bond motifs is 1. The lowest BCUT2D eigenvalue weighted by atomic mass is 10.00. The third-order valence-corrected chi connectivity index (χ3v) is 7.11. The molecule has 4 rings (SSSR count). The summed E-state index contributed by atoms with van der Waals surface area (Å²) in [4.78, 5) is 0.274. The van der Waals surface area contributed by atoms with Crippen LogP contribution in [0.1, 0.15) is 18.1 Å². The maximum absolute atomic E-state index is 12.9. The fourth-order valence-electron chi connectivity index (χ4n) is 3.62. The van der Waals surface area contributed by atoms with Crippen LogP contribution < -0.4 is 10.1 Å². The minimum absolute atomic E-state index is 0.203. The molecular formula is C25H26N2O3S. The summed E-state index contributed by atoms with van der Waals surface area (Å²) in [5.41, 5.74) is 2.41. The van der Waals surface area contributed by atoms with Crippen molar-refractivity contribution >= 4 is 21.8 Å². The number of sulfonamides is 1. The maximum atomic E-state index is 12.9. The third-order valence-electron chi connectivity index (χ3n) is 5.30. The molecule has 0 aromatic heterocycles. The van der Waals surface area contributed by atoms with Crippen LogP contribution in [0.25, 0.3) is 6.08 Å². The number of rotatable bonds is 7. The molecule has 0 amide bonds. The quantitative estimate of drug-likeness (QED) is 0.581. The highest BCUT2D eigenvalue weighted by molar-refractivity contribution is 7.89. The molecule has 1 heterocycles. The van der Waals surface area contributed by atoms with Crippen molar-refractivity contribution in [2.24, 2.45) is 0 Å². The Labute approximate surface area is 184 Å². The average molecular weight is 435 g/mol. The lowest BCUT2D eigenvalue weighted by molar-refractivity contribution is 0.117. The van der Waals surface area contributed by atoms with Crippen molar-refractivity contribution in [2.75, 3.05) is 18.9 Å². The lowest BCUT2D eigenvalue weighted by Crippen LogP contribution is -2.45. The van der Waals surface area contributed by atoms with E-state index in [-0.39, 0.29) is 11.4 Å². The second-order valence-corrected chi connectivity index (χ2v) is 9.96. The molecule has 0 spiro atoms. The van der Waals surface area contributed by atoms with Gasteiger partial charge in [-0.15, -0.1) is 0 Å². The first-order valence-electron chi connectivity index (χ1n) is 10.2. The minimum atomic E-state index is -3.58. The molecule has 0 saturated carbocycles. The molecule has 1 atom stereocenters. The van der Waals surface area contributed by atoms with E-state index < -0.39 is 15.6 Å². The van der Waals surface area contributed by atoms with Crippen molar-refractivity contribution in [2.45, 2.75) is 24.0 Å². The van der Waals surface area contributed by atoms with Crippen LogP contribution in [0.2, 0.25) is 0 Å². The van der Waals surface area contributed by atoms with Gasteiger partial charge in [-0.3, -0.25) is 0 Å². The van der Waals surface area contributed by atoms with E-state index in [1.807, 2.05) is 55.5 Å². The molecule has 1 N–H and O–H groups in total. The number of hydrogen-bond acceptors (Lipinski definition) is 4. The van der Waals surface area contributed by atoms with Gasteiger partial charge in [-0.05, 0) is 48.9 Å². The maximum Gasteiger partial charge on any atom is 0.242 e. The Balaban J connectivity index is 1.45. The summed E-state index contributed by atoms with van der Waals surface area (Å²) in [7, 11) is -2.00. The predicted molar refractivity (Wildman–Crippen MR) is 125 cm³/mol. The number of ether oxygens (including phenoxy) is 1. The Morgan fingerprint density at radius 3 is 2.35 bits per heavy atom. The van der Waals surface area contributed by atoms with E-state index >= 15 is 0 Å². The zero-order valence-electron chi connectivity index (χ0n) is 17.7. The van der Waals surface area contributed by atoms with Crippen molar-refractivity contribution in [3.63, 3.8) is 0 Å². The molecule has 1 unspecified atom stereocenters. The van der Waals surface area contributed by atoms with Crippen LogP contribution in [0.5, 0.6) is 5.75 Å². The predicted octanol–water partition coefficient (Wildman–Crippen LogP) is 4.78. The molecule has 5 nitrogen and oxygen atoms in total. The van der Waals surface area contributed by atoms with Crippen LogP contribution in [0.3, 0.4) is 0 Å². The Hall–Kier alpha value is -3.09. The number of hydrogen-bond donors (Lipinski definition) is 1. The first-order valence-corrected chi connectivity index (χ1v) is 11.6. The van der Waals surface area contributed by atoms with Gasteiger partial charge in [0.1, 0.15) is 11.4 Å². The molecule has 1 aliphatic heterocycles. The van der Waals surface area contributed by atoms with Crippen molar-refractivity contribution < 1.29 is 13.2 Å². The van der Waals surface area contributed by atoms with E-state index in [1.54, 1.807) is 37.4 Å². The monoisotopic (exact) mass is 434 g/mol. The van der Waals surface area contributed by atoms with Crippen LogP contribution in [-0.4, -0.2) is 31.9 Å². The van der Waals surface area contributed by atoms with Gasteiger partial charge < -0.3 is 10.1 Å². The summed E-state index contributed by atoms with van der Waals surface area (Å²) in [6.07, 6.45) is 3.92. The molecule has 3 aromatic carbocycles. The van der Waals surface area contributed by atoms with Gasteiger partial charge in [0.2, 0.25) is 10.0 Å². The highest BCUT2D eigenvalue weighted by Crippen LogP contribution is 2.34. The van der Waals surface area contributed by atoms with E-state index in [0.717, 1.165) is 23.5 Å². The van der Waals surface area contributed by atoms with Crippen LogP contribution in [-0.2, 0) is 16.6 Å². The Morgan fingerprint density at radius 1 is 0.968 bits per heavy atom. The second kappa shape index (κ2) is 8.57. The van der Waals surface area contributed by atoms with E-state index in [1.165, 1.54) is 9.87 Å². The SMILES string of the molecule is CN(CC1(C)C=Cc2cc(NCc3ccccc3)ccc2O1)S(=O)(=O)c1ccccc1. The molecule has 0 radical (unpaired) electrons. The Kier molecular flexibility index (Phi) is 5.85. The van der Waals surface area contributed by atoms with Gasteiger partial charge in [-0.25, -0.2) is 8.42 Å². The summed E-state index contributed by atoms with van der Waals surface area (Å²) >= 11 is 0. The largest absolute Gasteiger partial charge is 0.481 e. The van der Waals surface area contributed by atoms with E-state index in [2.05, 4.69) is 17.4 Å². The van der Waals surface area contributed by atoms with Gasteiger partial charge in [0.05, 0.1) is 11.4 Å². The van der Waals surface area contributed by atoms with Crippen LogP contribution in [0.4, 0.5) is 5.69 Å². The molecule has 1 aliphatic rings. The van der Waals surface area contributed by atoms with Crippen molar-refractivity contribution in [1.29, 1.82) is 0 Å². The third kappa shape index (κ3) is 4.81. The number of likely N-dealkylation sites (N-methyl/N-ethyl adjacent to an activating group) is 1. The standard InChI is InChI=1S/C25H26N2O3S/c1-25(19-27(2)31(28,29)23-11-7-4-8-12-23)16-15-21-17-22(13-14-24(21)30-25)26-18-20-9-5-3-6-10-20/h3-17,26H,18-19H2,1-2H3. The smallest absolute Gasteiger partial charge is 0.242 e. The van der Waals surface area contributed by atoms with Crippen LogP contribution in [0.15, 0.2) is 89.8 Å². The van der Waals surface area contributed by atoms with E-state index in [0.29, 0.717) is 0 Å². The highest BCUT2D eigenvalue weighted by Gasteiger charge is 2.33. The van der Waals surface area contributed by atoms with Gasteiger partial charge in [0.25, 0.3) is 0 Å². The zero-order chi connectivity index (χ0) is 21.9. The van der Waals surface area contributed by atoms with Gasteiger partial charge in [-0.1, -0.05) is 54.6 Å². The van der Waals surface area contributed by atoms with E-state index in [4.69, 9.17) is 4.74 Å². The summed E-state index contributed by atoms with van der Waals surface area (Å²) < 4.78 is 33.3. The molecule has 0 bridgehead atoms. The van der Waals surface area contributed by atoms with Gasteiger partial charge in [-0.2, -0.15) is 4.31 Å². The van der Waals surface area contributed by atoms with Crippen molar-refractivity contribution in [3.05, 3.63) is 96.1 Å². The Morgan fingerprint density at radius 2 is 1.65 bits per heavy atom. The fourth-order valence-corrected chi connectivity index (χ4v) is 4.90. The van der Waals surface area contributed by atoms with Crippen LogP contribution in [0, 0.1) is 0 Å². The Bertz CT molecular complexity index is 1180. The summed E-state index contributed by atoms with van der Waals surface area (Å²) in [6.45, 7) is 2.84. The summed E-state index contributed by atoms with van der Waals surface area (Å²) in [5.74, 6) is 0.737. The topological polar surface area (TPSA) is 58.6 Å². The molecule has 31 heavy (non-hydrogen) atoms. The number of nitrogens with zero attached hydrogens (tertiary/aromatic N) is 1. The molecule has 0 saturated heterocycles. The minimum Gasteiger partial charge on any atom is -0.481 e. The second-order valence-electron chi connectivity index (χ2n) is 7.91. The van der Waals surface area contributed by atoms with Gasteiger partial charge in [0.15, 0.2) is 0 Å². The summed E-state index contributed by atoms with van der Waals surface area (Å²) in [6, 6.07) is 24.6. The van der Waals surface area contributed by atoms with Crippen molar-refractivity contribution in [3.8, 4) is 5.75 Å². The molecule has 6 heteroatoms. The summed E-state index contributed by atoms with van der Waals surface area (Å²) in [5, 5.41) is 3.43. The normalized spacial score (nSPS) is 17.8. The van der Waals surface area contributed by atoms with Crippen molar-refractivity contribution in [1.82, 2.24) is 4.31 Å². The molecule has 0 fully saturated rings. The molecular weight excluding hydrogens is 408 g/mol. The van der Waals surface area contributed by atoms with Crippen LogP contribution >= 0.6 is 0 Å². The highest BCUT2D eigenvalue weighted by atomic mass is 32.2. The fraction of sp³-hybridized carbons (Fsp3) is 0.200. The first-order chi connectivity index (χ1) is 14.9. The number of benzene rings is 3. The first kappa shape index (κ1) is 21.2. The van der Waals surface area contributed by atoms with Gasteiger partial charge in [0, 0.05) is 24.8 Å².